The van der Waals surface area contributed by atoms with Gasteiger partial charge in [-0.05, 0) is 40.5 Å². The van der Waals surface area contributed by atoms with E-state index in [1.165, 1.54) is 27.7 Å². The Balaban J connectivity index is 0.000000672. The van der Waals surface area contributed by atoms with Crippen LogP contribution in [0.3, 0.4) is 0 Å². The zero-order valence-corrected chi connectivity index (χ0v) is 61.5. The molecule has 548 valence electrons. The molecule has 16 atom stereocenters. The van der Waals surface area contributed by atoms with Crippen molar-refractivity contribution in [3.8, 4) is 0 Å². The van der Waals surface area contributed by atoms with Crippen molar-refractivity contribution in [2.24, 2.45) is 0 Å². The Bertz CT molecular complexity index is 3670. The molecule has 0 bridgehead atoms. The molecule has 12 N–H and O–H groups in total. The fraction of sp³-hybridized carbons (Fsp3) is 0.607. The summed E-state index contributed by atoms with van der Waals surface area (Å²) in [4.78, 5) is 130. The van der Waals surface area contributed by atoms with Crippen LogP contribution in [0.5, 0.6) is 0 Å². The molecule has 4 fully saturated rings. The summed E-state index contributed by atoms with van der Waals surface area (Å²) >= 11 is 0. The fourth-order valence-corrected chi connectivity index (χ4v) is 9.52. The van der Waals surface area contributed by atoms with Gasteiger partial charge in [-0.2, -0.15) is 19.9 Å². The first-order valence-corrected chi connectivity index (χ1v) is 29.9. The topological polar surface area (TPSA) is 535 Å². The smallest absolute Gasteiger partial charge is 1.00 e. The Morgan fingerprint density at radius 2 is 0.750 bits per heavy atom. The van der Waals surface area contributed by atoms with Crippen molar-refractivity contribution in [3.05, 3.63) is 95.9 Å². The third-order valence-electron chi connectivity index (χ3n) is 14.2. The summed E-state index contributed by atoms with van der Waals surface area (Å²) < 4.78 is 110. The first-order chi connectivity index (χ1) is 46.1. The van der Waals surface area contributed by atoms with Gasteiger partial charge in [-0.15, -0.1) is 0 Å². The number of halogens is 4. The van der Waals surface area contributed by atoms with Crippen molar-refractivity contribution < 1.29 is 202 Å². The van der Waals surface area contributed by atoms with E-state index in [4.69, 9.17) is 69.9 Å². The Kier molecular flexibility index (Phi) is 37.8. The summed E-state index contributed by atoms with van der Waals surface area (Å²) in [5, 5.41) is 49.1. The molecule has 100 heavy (non-hydrogen) atoms. The number of ether oxygens (including phenoxy) is 10. The molecule has 2 amide bonds. The number of aliphatic hydroxyl groups is 4. The number of carbonyl (C=O) groups is 6. The average Bonchev–Trinajstić information content (AvgIpc) is 1.68. The van der Waals surface area contributed by atoms with Crippen LogP contribution in [-0.2, 0) is 66.5 Å². The molecule has 44 heteroatoms. The molecule has 0 spiro atoms. The van der Waals surface area contributed by atoms with Crippen LogP contribution in [0.25, 0.3) is 5.90 Å². The molecule has 8 rings (SSSR count). The minimum atomic E-state index is -1.41. The number of hydrogen-bond acceptors (Lipinski definition) is 31. The predicted molar refractivity (Wildman–Crippen MR) is 323 cm³/mol. The normalized spacial score (nSPS) is 25.3. The van der Waals surface area contributed by atoms with Gasteiger partial charge in [0.05, 0.1) is 62.4 Å². The van der Waals surface area contributed by atoms with Crippen molar-refractivity contribution in [1.29, 1.82) is 0 Å². The van der Waals surface area contributed by atoms with Gasteiger partial charge in [0.25, 0.3) is 0 Å². The van der Waals surface area contributed by atoms with Gasteiger partial charge >= 0.3 is 140 Å². The first kappa shape index (κ1) is 89.6. The molecule has 4 aromatic heterocycles. The van der Waals surface area contributed by atoms with Crippen molar-refractivity contribution in [1.82, 2.24) is 38.2 Å². The largest absolute Gasteiger partial charge is 1.00 e. The molecule has 4 saturated heterocycles. The molecule has 0 radical (unpaired) electrons. The van der Waals surface area contributed by atoms with Gasteiger partial charge in [0.2, 0.25) is 0 Å². The van der Waals surface area contributed by atoms with Crippen LogP contribution in [0.15, 0.2) is 44.0 Å². The van der Waals surface area contributed by atoms with Gasteiger partial charge in [-0.3, -0.25) is 48.1 Å². The van der Waals surface area contributed by atoms with Crippen LogP contribution < -0.4 is 126 Å². The molecule has 0 aliphatic carbocycles. The third kappa shape index (κ3) is 24.9. The number of nitrogen functional groups attached to an aromatic ring is 2. The predicted octanol–water partition coefficient (Wildman–Crippen LogP) is -4.44. The number of hydrogen-bond donors (Lipinski definition) is 9. The van der Waals surface area contributed by atoms with Gasteiger partial charge in [0.15, 0.2) is 95.9 Å². The van der Waals surface area contributed by atoms with E-state index >= 15 is 0 Å². The van der Waals surface area contributed by atoms with Crippen molar-refractivity contribution in [3.63, 3.8) is 0 Å². The number of unbranched alkanes of at least 4 members (excludes halogenated alkanes) is 4. The summed E-state index contributed by atoms with van der Waals surface area (Å²) in [5.41, 5.74) is 6.68. The Morgan fingerprint density at radius 1 is 0.480 bits per heavy atom. The van der Waals surface area contributed by atoms with Crippen LogP contribution >= 0.6 is 0 Å². The standard InChI is InChI=1S/C19H26FN3O8.C15H22FN3O6.C13H16FN3O6.C9H12FN3O4.K.H2NO.Na.H/c1-5-6-7-8-28-19(27)22-16-13(20)9-23(18(26)21-16)17-15(31-12(4)25)14(10(2)29-17)30-11(3)24;1-3-4-5-6-24-15(23)18-12-9(16)7-19(14(22)17-12)13-11(21)10(20)8(2)25-13;1-5-9(22-6(2)18)10(23-7(3)19)12(21-5)17-4-8(14)11(15)16-13(17)20;1-3-5(14)6(15)8(17-3)13-2-4(10)7(11)12-9(13)16;;1-2;;/h9-10,14-15,17H,5-8H2,1-4H3,(H,21,22,26,27);7-8,10-11,13,20-21H,3-6H2,1-2H3,(H,17,18,22,23);4-5,9-10,12H,1-3H3,(H2,15,16,20);2-3,5-6,8,14-15H,1H3,(H2,11,12,16);;1-2H;;/q;;;;+1;-1;+1;-1/t10-,14+,15?,17-;8-,10+,11?,13-;5-,9+,10?,12-;3-,5+,6?,8-;;;;/m1111..../s1. The molecule has 38 nitrogen and oxygen atoms in total. The van der Waals surface area contributed by atoms with Crippen molar-refractivity contribution >= 4 is 59.3 Å². The maximum Gasteiger partial charge on any atom is 1.00 e. The van der Waals surface area contributed by atoms with Gasteiger partial charge in [-0.25, -0.2) is 46.3 Å². The zero-order valence-electron chi connectivity index (χ0n) is 57.3. The van der Waals surface area contributed by atoms with Gasteiger partial charge in [-0.1, -0.05) is 39.5 Å². The number of anilines is 4. The number of nitrogens with one attached hydrogen (secondary N) is 3. The van der Waals surface area contributed by atoms with E-state index in [9.17, 15) is 85.9 Å². The zero-order chi connectivity index (χ0) is 73.7. The van der Waals surface area contributed by atoms with Crippen molar-refractivity contribution in [2.75, 3.05) is 35.3 Å². The minimum Gasteiger partial charge on any atom is -1.00 e. The second-order valence-electron chi connectivity index (χ2n) is 21.7. The molecule has 8 heterocycles. The molecule has 4 unspecified atom stereocenters. The van der Waals surface area contributed by atoms with Crippen molar-refractivity contribution in [2.45, 2.75) is 206 Å². The second kappa shape index (κ2) is 42.2. The van der Waals surface area contributed by atoms with Gasteiger partial charge in [0, 0.05) is 27.7 Å². The molecule has 4 aliphatic heterocycles. The molecular weight excluding hydrogens is 1390 g/mol. The van der Waals surface area contributed by atoms with E-state index in [0.29, 0.717) is 12.8 Å². The quantitative estimate of drug-likeness (QED) is 0.0113. The summed E-state index contributed by atoms with van der Waals surface area (Å²) in [5.74, 6) is -4.05. The van der Waals surface area contributed by atoms with Crippen LogP contribution in [0, 0.1) is 23.3 Å². The van der Waals surface area contributed by atoms with E-state index in [-0.39, 0.29) is 95.6 Å². The number of rotatable bonds is 18. The number of nitrogens with zero attached hydrogens (tertiary/aromatic N) is 8. The SMILES string of the molecule is CC(=O)OC1[C@@H](OC(C)=O)[C@@H](C)O[C@H]1n1cc(F)c(N)nc1=O.CCCCCOC(=O)Nc1nc(=O)n([C@@H]2O[C@H](C)[C@H](O)C2O)cc1F.CCCCCOC(=O)Nc1nc(=O)n([C@@H]2O[C@H](C)[C@H](OC(C)=O)C2OC(C)=O)cc1F.C[C@H]1O[C@@H](n2cc(F)c(N)nc2=O)C(O)[C@H]1O.[H-].[K+].[NH-]O.[Na+]. The van der Waals surface area contributed by atoms with E-state index in [1.807, 2.05) is 13.8 Å². The fourth-order valence-electron chi connectivity index (χ4n) is 9.52. The second-order valence-corrected chi connectivity index (χ2v) is 21.7. The number of aromatic nitrogens is 8. The van der Waals surface area contributed by atoms with Gasteiger partial charge in [0.1, 0.15) is 24.4 Å². The van der Waals surface area contributed by atoms with E-state index in [0.717, 1.165) is 82.6 Å². The number of aliphatic hydroxyl groups excluding tert-OH is 4. The monoisotopic (exact) mass is 1470 g/mol. The molecule has 0 saturated carbocycles. The van der Waals surface area contributed by atoms with Crippen LogP contribution in [-0.4, -0.2) is 186 Å². The number of amides is 2. The van der Waals surface area contributed by atoms with E-state index in [2.05, 4.69) is 30.6 Å². The number of carbonyl (C=O) groups excluding carboxylic acids is 6. The average molecular weight is 1470 g/mol. The summed E-state index contributed by atoms with van der Waals surface area (Å²) in [6.07, 6.45) is -11.0. The summed E-state index contributed by atoms with van der Waals surface area (Å²) in [7, 11) is 0. The molecule has 4 aliphatic rings. The molecule has 0 aromatic carbocycles. The molecular formula is C56H79F4KN13NaO25. The summed E-state index contributed by atoms with van der Waals surface area (Å²) in [6.45, 7) is 15.1. The maximum absolute atomic E-state index is 14.5. The van der Waals surface area contributed by atoms with Crippen LogP contribution in [0.2, 0.25) is 0 Å². The van der Waals surface area contributed by atoms with E-state index in [1.54, 1.807) is 13.8 Å². The third-order valence-corrected chi connectivity index (χ3v) is 14.2. The van der Waals surface area contributed by atoms with Gasteiger partial charge < -0.3 is 91.8 Å². The number of nitrogens with two attached hydrogens (primary N) is 2. The van der Waals surface area contributed by atoms with E-state index < -0.39 is 204 Å². The maximum atomic E-state index is 14.5. The van der Waals surface area contributed by atoms with Crippen LogP contribution in [0.4, 0.5) is 50.4 Å². The first-order valence-electron chi connectivity index (χ1n) is 29.9. The number of esters is 4. The Morgan fingerprint density at radius 3 is 1.03 bits per heavy atom. The van der Waals surface area contributed by atoms with Crippen LogP contribution in [0.1, 0.15) is 134 Å². The summed E-state index contributed by atoms with van der Waals surface area (Å²) in [6, 6.07) is 0. The Labute approximate surface area is 631 Å². The Hall–Kier alpha value is -6.50. The molecule has 4 aromatic rings. The minimum absolute atomic E-state index is 0.